The Hall–Kier alpha value is -1.72. The Balaban J connectivity index is 1.84. The van der Waals surface area contributed by atoms with Crippen LogP contribution in [-0.2, 0) is 4.79 Å². The highest BCUT2D eigenvalue weighted by atomic mass is 79.9. The Morgan fingerprint density at radius 3 is 2.57 bits per heavy atom. The van der Waals surface area contributed by atoms with E-state index in [0.717, 1.165) is 16.6 Å². The normalized spacial score (nSPS) is 10.2. The highest BCUT2D eigenvalue weighted by Crippen LogP contribution is 2.27. The van der Waals surface area contributed by atoms with Gasteiger partial charge in [-0.05, 0) is 48.9 Å². The van der Waals surface area contributed by atoms with Gasteiger partial charge in [0, 0.05) is 10.2 Å². The summed E-state index contributed by atoms with van der Waals surface area (Å²) in [6.45, 7) is 2.61. The van der Waals surface area contributed by atoms with Crippen molar-refractivity contribution in [1.82, 2.24) is 0 Å². The molecule has 2 rings (SSSR count). The molecule has 0 aliphatic carbocycles. The second-order valence-electron chi connectivity index (χ2n) is 4.78. The molecule has 1 amide bonds. The van der Waals surface area contributed by atoms with Crippen molar-refractivity contribution in [3.05, 3.63) is 52.0 Å². The van der Waals surface area contributed by atoms with Crippen LogP contribution < -0.4 is 14.8 Å². The van der Waals surface area contributed by atoms with Crippen LogP contribution in [0.15, 0.2) is 46.9 Å². The summed E-state index contributed by atoms with van der Waals surface area (Å²) in [4.78, 5) is 11.9. The van der Waals surface area contributed by atoms with Crippen molar-refractivity contribution in [3.8, 4) is 11.5 Å². The van der Waals surface area contributed by atoms with Gasteiger partial charge in [-0.1, -0.05) is 34.5 Å². The summed E-state index contributed by atoms with van der Waals surface area (Å²) < 4.78 is 11.8. The number of carbonyl (C=O) groups excluding carboxylic acids is 1. The van der Waals surface area contributed by atoms with Crippen molar-refractivity contribution in [2.45, 2.75) is 13.3 Å². The molecule has 0 spiro atoms. The number of carbonyl (C=O) groups is 1. The summed E-state index contributed by atoms with van der Waals surface area (Å²) in [5, 5.41) is 3.20. The van der Waals surface area contributed by atoms with E-state index in [1.54, 1.807) is 30.3 Å². The number of ether oxygens (including phenoxy) is 2. The topological polar surface area (TPSA) is 47.6 Å². The van der Waals surface area contributed by atoms with E-state index in [2.05, 4.69) is 21.2 Å². The average Bonchev–Trinajstić information content (AvgIpc) is 2.53. The second-order valence-corrected chi connectivity index (χ2v) is 6.11. The first-order valence-corrected chi connectivity index (χ1v) is 8.36. The molecule has 6 heteroatoms. The van der Waals surface area contributed by atoms with Gasteiger partial charge in [0.2, 0.25) is 0 Å². The van der Waals surface area contributed by atoms with E-state index in [9.17, 15) is 4.79 Å². The first kappa shape index (κ1) is 17.6. The van der Waals surface area contributed by atoms with Gasteiger partial charge in [0.15, 0.2) is 6.61 Å². The smallest absolute Gasteiger partial charge is 0.262 e. The minimum absolute atomic E-state index is 0.116. The molecule has 0 saturated heterocycles. The number of nitrogens with one attached hydrogen (secondary N) is 1. The number of benzene rings is 2. The van der Waals surface area contributed by atoms with E-state index < -0.39 is 0 Å². The van der Waals surface area contributed by atoms with Crippen molar-refractivity contribution in [2.75, 3.05) is 18.5 Å². The summed E-state index contributed by atoms with van der Waals surface area (Å²) >= 11 is 9.34. The lowest BCUT2D eigenvalue weighted by Gasteiger charge is -2.10. The van der Waals surface area contributed by atoms with Gasteiger partial charge in [-0.3, -0.25) is 4.79 Å². The van der Waals surface area contributed by atoms with Gasteiger partial charge in [0.05, 0.1) is 11.6 Å². The quantitative estimate of drug-likeness (QED) is 0.721. The molecule has 0 fully saturated rings. The van der Waals surface area contributed by atoms with Gasteiger partial charge in [-0.25, -0.2) is 0 Å². The Kier molecular flexibility index (Phi) is 6.74. The lowest BCUT2D eigenvalue weighted by atomic mass is 10.3. The highest BCUT2D eigenvalue weighted by molar-refractivity contribution is 9.10. The zero-order valence-corrected chi connectivity index (χ0v) is 15.0. The van der Waals surface area contributed by atoms with E-state index in [4.69, 9.17) is 21.1 Å². The molecule has 2 aromatic carbocycles. The molecule has 0 unspecified atom stereocenters. The van der Waals surface area contributed by atoms with E-state index in [1.165, 1.54) is 0 Å². The molecule has 122 valence electrons. The Morgan fingerprint density at radius 2 is 1.91 bits per heavy atom. The van der Waals surface area contributed by atoms with Crippen molar-refractivity contribution >= 4 is 39.1 Å². The maximum absolute atomic E-state index is 11.9. The van der Waals surface area contributed by atoms with Crippen LogP contribution in [0.4, 0.5) is 5.69 Å². The molecule has 0 heterocycles. The molecule has 0 bridgehead atoms. The van der Waals surface area contributed by atoms with Crippen molar-refractivity contribution < 1.29 is 14.3 Å². The fourth-order valence-electron chi connectivity index (χ4n) is 1.79. The molecule has 0 aliphatic heterocycles. The molecule has 0 aliphatic rings. The largest absolute Gasteiger partial charge is 0.494 e. The van der Waals surface area contributed by atoms with E-state index in [0.29, 0.717) is 23.1 Å². The molecule has 0 saturated carbocycles. The maximum Gasteiger partial charge on any atom is 0.262 e. The molecular weight excluding hydrogens is 382 g/mol. The fourth-order valence-corrected chi connectivity index (χ4v) is 2.52. The minimum atomic E-state index is -0.258. The predicted molar refractivity (Wildman–Crippen MR) is 95.5 cm³/mol. The number of hydrogen-bond donors (Lipinski definition) is 1. The van der Waals surface area contributed by atoms with Gasteiger partial charge in [0.1, 0.15) is 11.5 Å². The van der Waals surface area contributed by atoms with Gasteiger partial charge in [-0.15, -0.1) is 0 Å². The number of hydrogen-bond acceptors (Lipinski definition) is 3. The van der Waals surface area contributed by atoms with Crippen LogP contribution in [0.2, 0.25) is 5.02 Å². The molecule has 1 N–H and O–H groups in total. The maximum atomic E-state index is 11.9. The Morgan fingerprint density at radius 1 is 1.17 bits per heavy atom. The Bertz CT molecular complexity index is 661. The molecule has 23 heavy (non-hydrogen) atoms. The third kappa shape index (κ3) is 5.77. The zero-order valence-electron chi connectivity index (χ0n) is 12.6. The number of rotatable bonds is 7. The van der Waals surface area contributed by atoms with Crippen LogP contribution in [0.25, 0.3) is 0 Å². The van der Waals surface area contributed by atoms with Gasteiger partial charge in [-0.2, -0.15) is 0 Å². The van der Waals surface area contributed by atoms with Crippen molar-refractivity contribution in [2.24, 2.45) is 0 Å². The zero-order chi connectivity index (χ0) is 16.7. The van der Waals surface area contributed by atoms with Crippen LogP contribution in [-0.4, -0.2) is 19.1 Å². The molecule has 2 aromatic rings. The number of anilines is 1. The van der Waals surface area contributed by atoms with Crippen LogP contribution in [0.3, 0.4) is 0 Å². The molecule has 0 atom stereocenters. The lowest BCUT2D eigenvalue weighted by molar-refractivity contribution is -0.118. The lowest BCUT2D eigenvalue weighted by Crippen LogP contribution is -2.20. The van der Waals surface area contributed by atoms with Crippen LogP contribution in [0, 0.1) is 0 Å². The summed E-state index contributed by atoms with van der Waals surface area (Å²) in [5.74, 6) is 0.988. The molecule has 4 nitrogen and oxygen atoms in total. The second kappa shape index (κ2) is 8.79. The van der Waals surface area contributed by atoms with E-state index in [1.807, 2.05) is 19.1 Å². The third-order valence-corrected chi connectivity index (χ3v) is 3.65. The third-order valence-electron chi connectivity index (χ3n) is 2.86. The Labute approximate surface area is 148 Å². The SMILES string of the molecule is CCCOc1ccc(NC(=O)COc2ccc(Br)cc2Cl)cc1. The van der Waals surface area contributed by atoms with Crippen LogP contribution in [0.1, 0.15) is 13.3 Å². The number of halogens is 2. The summed E-state index contributed by atoms with van der Waals surface area (Å²) in [6, 6.07) is 12.4. The number of amides is 1. The summed E-state index contributed by atoms with van der Waals surface area (Å²) in [5.41, 5.74) is 0.685. The molecule has 0 aromatic heterocycles. The van der Waals surface area contributed by atoms with Crippen molar-refractivity contribution in [3.63, 3.8) is 0 Å². The average molecular weight is 399 g/mol. The molecular formula is C17H17BrClNO3. The van der Waals surface area contributed by atoms with Crippen LogP contribution >= 0.6 is 27.5 Å². The van der Waals surface area contributed by atoms with Gasteiger partial charge in [0.25, 0.3) is 5.91 Å². The minimum Gasteiger partial charge on any atom is -0.494 e. The first-order chi connectivity index (χ1) is 11.1. The standard InChI is InChI=1S/C17H17BrClNO3/c1-2-9-22-14-6-4-13(5-7-14)20-17(21)11-23-16-8-3-12(18)10-15(16)19/h3-8,10H,2,9,11H2,1H3,(H,20,21). The monoisotopic (exact) mass is 397 g/mol. The van der Waals surface area contributed by atoms with Gasteiger partial charge < -0.3 is 14.8 Å². The van der Waals surface area contributed by atoms with Crippen molar-refractivity contribution in [1.29, 1.82) is 0 Å². The van der Waals surface area contributed by atoms with Gasteiger partial charge >= 0.3 is 0 Å². The summed E-state index contributed by atoms with van der Waals surface area (Å²) in [7, 11) is 0. The highest BCUT2D eigenvalue weighted by Gasteiger charge is 2.07. The van der Waals surface area contributed by atoms with E-state index >= 15 is 0 Å². The van der Waals surface area contributed by atoms with E-state index in [-0.39, 0.29) is 12.5 Å². The summed E-state index contributed by atoms with van der Waals surface area (Å²) in [6.07, 6.45) is 0.953. The fraction of sp³-hybridized carbons (Fsp3) is 0.235. The molecule has 0 radical (unpaired) electrons. The first-order valence-electron chi connectivity index (χ1n) is 7.19. The predicted octanol–water partition coefficient (Wildman–Crippen LogP) is 4.91. The van der Waals surface area contributed by atoms with Crippen LogP contribution in [0.5, 0.6) is 11.5 Å².